The summed E-state index contributed by atoms with van der Waals surface area (Å²) in [6, 6.07) is 0. The minimum Gasteiger partial charge on any atom is -0.444 e. The zero-order chi connectivity index (χ0) is 17.3. The van der Waals surface area contributed by atoms with Crippen LogP contribution < -0.4 is 5.32 Å². The van der Waals surface area contributed by atoms with Gasteiger partial charge in [-0.1, -0.05) is 0 Å². The first-order valence-corrected chi connectivity index (χ1v) is 7.70. The third-order valence-electron chi connectivity index (χ3n) is 3.80. The molecule has 0 aliphatic carbocycles. The van der Waals surface area contributed by atoms with Crippen LogP contribution in [0.1, 0.15) is 43.1 Å². The fraction of sp³-hybridized carbons (Fsp3) is 0.625. The molecule has 0 saturated carbocycles. The first-order valence-electron chi connectivity index (χ1n) is 7.70. The number of carbonyl (C=O) groups excluding carboxylic acids is 2. The van der Waals surface area contributed by atoms with Gasteiger partial charge in [0.05, 0.1) is 11.1 Å². The van der Waals surface area contributed by atoms with Gasteiger partial charge in [0, 0.05) is 32.1 Å². The molecule has 3 N–H and O–H groups in total. The minimum absolute atomic E-state index is 0.0610. The highest BCUT2D eigenvalue weighted by atomic mass is 16.6. The molecule has 2 rings (SSSR count). The van der Waals surface area contributed by atoms with Crippen molar-refractivity contribution in [3.05, 3.63) is 23.5 Å². The molecule has 0 atom stereocenters. The second kappa shape index (κ2) is 6.23. The molecule has 1 fully saturated rings. The number of amides is 2. The van der Waals surface area contributed by atoms with Crippen molar-refractivity contribution in [3.8, 4) is 0 Å². The largest absolute Gasteiger partial charge is 0.444 e. The maximum Gasteiger partial charge on any atom is 0.410 e. The minimum atomic E-state index is -0.605. The maximum atomic E-state index is 12.4. The lowest BCUT2D eigenvalue weighted by Crippen LogP contribution is -2.71. The van der Waals surface area contributed by atoms with Crippen LogP contribution in [0.3, 0.4) is 0 Å². The summed E-state index contributed by atoms with van der Waals surface area (Å²) in [6.07, 6.45) is 3.38. The van der Waals surface area contributed by atoms with E-state index in [4.69, 9.17) is 4.74 Å². The van der Waals surface area contributed by atoms with Gasteiger partial charge in [-0.25, -0.2) is 4.79 Å². The highest BCUT2D eigenvalue weighted by molar-refractivity contribution is 5.96. The number of aliphatic hydroxyl groups is 1. The summed E-state index contributed by atoms with van der Waals surface area (Å²) in [5.41, 5.74) is 0.257. The van der Waals surface area contributed by atoms with Crippen LogP contribution in [0.15, 0.2) is 12.4 Å². The smallest absolute Gasteiger partial charge is 0.410 e. The molecule has 1 aliphatic heterocycles. The van der Waals surface area contributed by atoms with Crippen LogP contribution in [-0.4, -0.2) is 57.8 Å². The summed E-state index contributed by atoms with van der Waals surface area (Å²) in [5, 5.41) is 12.2. The second-order valence-electron chi connectivity index (χ2n) is 7.10. The van der Waals surface area contributed by atoms with Gasteiger partial charge in [0.15, 0.2) is 0 Å². The first kappa shape index (κ1) is 17.3. The summed E-state index contributed by atoms with van der Waals surface area (Å²) < 4.78 is 5.32. The summed E-state index contributed by atoms with van der Waals surface area (Å²) in [6.45, 7) is 7.87. The van der Waals surface area contributed by atoms with Gasteiger partial charge in [0.25, 0.3) is 5.91 Å². The lowest BCUT2D eigenvalue weighted by molar-refractivity contribution is -0.0209. The zero-order valence-corrected chi connectivity index (χ0v) is 14.1. The van der Waals surface area contributed by atoms with E-state index in [1.165, 1.54) is 4.90 Å². The molecule has 2 heterocycles. The molecule has 7 heteroatoms. The van der Waals surface area contributed by atoms with Crippen molar-refractivity contribution < 1.29 is 19.4 Å². The van der Waals surface area contributed by atoms with E-state index in [1.807, 2.05) is 27.7 Å². The van der Waals surface area contributed by atoms with Crippen LogP contribution in [0.25, 0.3) is 0 Å². The SMILES string of the molecule is Cc1c[nH]cc1C(=O)NC1(CCO)CN(C(=O)OC(C)(C)C)C1. The first-order chi connectivity index (χ1) is 10.7. The van der Waals surface area contributed by atoms with E-state index in [9.17, 15) is 14.7 Å². The van der Waals surface area contributed by atoms with Gasteiger partial charge >= 0.3 is 6.09 Å². The Morgan fingerprint density at radius 1 is 1.39 bits per heavy atom. The standard InChI is InChI=1S/C16H25N3O4/c1-11-7-17-8-12(11)13(21)18-16(5-6-20)9-19(10-16)14(22)23-15(2,3)4/h7-8,17,20H,5-6,9-10H2,1-4H3,(H,18,21). The number of rotatable bonds is 4. The van der Waals surface area contributed by atoms with E-state index in [0.717, 1.165) is 5.56 Å². The number of H-pyrrole nitrogens is 1. The highest BCUT2D eigenvalue weighted by Crippen LogP contribution is 2.27. The molecular weight excluding hydrogens is 298 g/mol. The number of likely N-dealkylation sites (tertiary alicyclic amines) is 1. The highest BCUT2D eigenvalue weighted by Gasteiger charge is 2.47. The monoisotopic (exact) mass is 323 g/mol. The van der Waals surface area contributed by atoms with Gasteiger partial charge in [-0.05, 0) is 39.7 Å². The molecule has 2 amide bonds. The van der Waals surface area contributed by atoms with Crippen molar-refractivity contribution >= 4 is 12.0 Å². The van der Waals surface area contributed by atoms with Gasteiger partial charge in [0.2, 0.25) is 0 Å². The van der Waals surface area contributed by atoms with Gasteiger partial charge < -0.3 is 25.0 Å². The molecular formula is C16H25N3O4. The van der Waals surface area contributed by atoms with E-state index in [2.05, 4.69) is 10.3 Å². The number of aromatic amines is 1. The summed E-state index contributed by atoms with van der Waals surface area (Å²) in [4.78, 5) is 28.8. The molecule has 23 heavy (non-hydrogen) atoms. The zero-order valence-electron chi connectivity index (χ0n) is 14.1. The van der Waals surface area contributed by atoms with Crippen molar-refractivity contribution in [2.24, 2.45) is 0 Å². The Morgan fingerprint density at radius 3 is 2.52 bits per heavy atom. The number of nitrogens with zero attached hydrogens (tertiary/aromatic N) is 1. The summed E-state index contributed by atoms with van der Waals surface area (Å²) in [7, 11) is 0. The number of hydrogen-bond acceptors (Lipinski definition) is 4. The van der Waals surface area contributed by atoms with Crippen molar-refractivity contribution in [2.75, 3.05) is 19.7 Å². The molecule has 0 radical (unpaired) electrons. The molecule has 1 aliphatic rings. The average molecular weight is 323 g/mol. The van der Waals surface area contributed by atoms with Gasteiger partial charge in [0.1, 0.15) is 5.60 Å². The van der Waals surface area contributed by atoms with Crippen molar-refractivity contribution in [3.63, 3.8) is 0 Å². The Labute approximate surface area is 136 Å². The molecule has 7 nitrogen and oxygen atoms in total. The maximum absolute atomic E-state index is 12.4. The lowest BCUT2D eigenvalue weighted by Gasteiger charge is -2.50. The van der Waals surface area contributed by atoms with Crippen LogP contribution in [0.4, 0.5) is 4.79 Å². The number of aryl methyl sites for hydroxylation is 1. The molecule has 1 aromatic heterocycles. The van der Waals surface area contributed by atoms with E-state index in [0.29, 0.717) is 25.1 Å². The van der Waals surface area contributed by atoms with Crippen LogP contribution in [0.5, 0.6) is 0 Å². The van der Waals surface area contributed by atoms with Crippen molar-refractivity contribution in [2.45, 2.75) is 45.3 Å². The van der Waals surface area contributed by atoms with Crippen molar-refractivity contribution in [1.82, 2.24) is 15.2 Å². The number of hydrogen-bond donors (Lipinski definition) is 3. The van der Waals surface area contributed by atoms with E-state index in [1.54, 1.807) is 12.4 Å². The Hall–Kier alpha value is -2.02. The van der Waals surface area contributed by atoms with Crippen LogP contribution in [0.2, 0.25) is 0 Å². The number of aromatic nitrogens is 1. The van der Waals surface area contributed by atoms with E-state index in [-0.39, 0.29) is 12.5 Å². The number of ether oxygens (including phenoxy) is 1. The van der Waals surface area contributed by atoms with Crippen LogP contribution in [0, 0.1) is 6.92 Å². The lowest BCUT2D eigenvalue weighted by atomic mass is 9.86. The van der Waals surface area contributed by atoms with Gasteiger partial charge in [-0.2, -0.15) is 0 Å². The predicted octanol–water partition coefficient (Wildman–Crippen LogP) is 1.42. The van der Waals surface area contributed by atoms with Gasteiger partial charge in [-0.3, -0.25) is 4.79 Å². The Kier molecular flexibility index (Phi) is 4.70. The molecule has 0 spiro atoms. The molecule has 1 aromatic rings. The predicted molar refractivity (Wildman–Crippen MR) is 85.2 cm³/mol. The fourth-order valence-corrected chi connectivity index (χ4v) is 2.65. The second-order valence-corrected chi connectivity index (χ2v) is 7.10. The summed E-state index contributed by atoms with van der Waals surface area (Å²) in [5.74, 6) is -0.207. The third-order valence-corrected chi connectivity index (χ3v) is 3.80. The number of carbonyl (C=O) groups is 2. The normalized spacial score (nSPS) is 16.7. The van der Waals surface area contributed by atoms with E-state index < -0.39 is 17.2 Å². The quantitative estimate of drug-likeness (QED) is 0.781. The molecule has 0 unspecified atom stereocenters. The Bertz CT molecular complexity index is 582. The average Bonchev–Trinajstić information content (AvgIpc) is 2.79. The van der Waals surface area contributed by atoms with Gasteiger partial charge in [-0.15, -0.1) is 0 Å². The topological polar surface area (TPSA) is 94.7 Å². The molecule has 0 bridgehead atoms. The molecule has 0 aromatic carbocycles. The summed E-state index contributed by atoms with van der Waals surface area (Å²) >= 11 is 0. The fourth-order valence-electron chi connectivity index (χ4n) is 2.65. The molecule has 128 valence electrons. The Balaban J connectivity index is 1.99. The van der Waals surface area contributed by atoms with Crippen LogP contribution >= 0.6 is 0 Å². The molecule has 1 saturated heterocycles. The Morgan fingerprint density at radius 2 is 2.04 bits per heavy atom. The van der Waals surface area contributed by atoms with E-state index >= 15 is 0 Å². The van der Waals surface area contributed by atoms with Crippen LogP contribution in [-0.2, 0) is 4.74 Å². The number of aliphatic hydroxyl groups excluding tert-OH is 1. The number of nitrogens with one attached hydrogen (secondary N) is 2. The van der Waals surface area contributed by atoms with Crippen molar-refractivity contribution in [1.29, 1.82) is 0 Å². The third kappa shape index (κ3) is 4.04.